The normalized spacial score (nSPS) is 12.7. The fourth-order valence-electron chi connectivity index (χ4n) is 1.86. The van der Waals surface area contributed by atoms with Gasteiger partial charge in [0.1, 0.15) is 0 Å². The van der Waals surface area contributed by atoms with E-state index in [9.17, 15) is 0 Å². The molecule has 0 radical (unpaired) electrons. The van der Waals surface area contributed by atoms with Crippen molar-refractivity contribution < 1.29 is 0 Å². The van der Waals surface area contributed by atoms with Crippen LogP contribution in [0.2, 0.25) is 5.02 Å². The fraction of sp³-hybridized carbons (Fsp3) is 0.231. The highest BCUT2D eigenvalue weighted by Gasteiger charge is 2.16. The quantitative estimate of drug-likeness (QED) is 0.658. The average Bonchev–Trinajstić information content (AvgIpc) is 2.71. The first kappa shape index (κ1) is 12.6. The monoisotopic (exact) mass is 266 g/mol. The molecule has 17 heavy (non-hydrogen) atoms. The van der Waals surface area contributed by atoms with Gasteiger partial charge in [-0.2, -0.15) is 0 Å². The predicted octanol–water partition coefficient (Wildman–Crippen LogP) is 3.57. The number of thiophene rings is 1. The van der Waals surface area contributed by atoms with Gasteiger partial charge < -0.3 is 0 Å². The first-order chi connectivity index (χ1) is 8.11. The number of aryl methyl sites for hydroxylation is 2. The molecule has 2 nitrogen and oxygen atoms in total. The summed E-state index contributed by atoms with van der Waals surface area (Å²) in [6, 6.07) is 10.1. The van der Waals surface area contributed by atoms with Crippen molar-refractivity contribution in [2.24, 2.45) is 5.84 Å². The smallest absolute Gasteiger partial charge is 0.0805 e. The van der Waals surface area contributed by atoms with Crippen LogP contribution in [-0.2, 0) is 0 Å². The van der Waals surface area contributed by atoms with Crippen molar-refractivity contribution in [3.63, 3.8) is 0 Å². The second-order valence-corrected chi connectivity index (χ2v) is 5.80. The Morgan fingerprint density at radius 1 is 1.24 bits per heavy atom. The molecule has 3 N–H and O–H groups in total. The highest BCUT2D eigenvalue weighted by molar-refractivity contribution is 7.12. The Morgan fingerprint density at radius 2 is 2.00 bits per heavy atom. The van der Waals surface area contributed by atoms with Crippen molar-refractivity contribution in [3.05, 3.63) is 56.2 Å². The predicted molar refractivity (Wildman–Crippen MR) is 74.4 cm³/mol. The maximum Gasteiger partial charge on any atom is 0.0805 e. The molecule has 0 amide bonds. The highest BCUT2D eigenvalue weighted by Crippen LogP contribution is 2.30. The van der Waals surface area contributed by atoms with E-state index in [0.29, 0.717) is 0 Å². The van der Waals surface area contributed by atoms with E-state index in [4.69, 9.17) is 17.4 Å². The zero-order valence-corrected chi connectivity index (χ0v) is 11.4. The van der Waals surface area contributed by atoms with Gasteiger partial charge in [0.05, 0.1) is 6.04 Å². The molecule has 1 aromatic carbocycles. The van der Waals surface area contributed by atoms with Crippen LogP contribution in [0, 0.1) is 13.8 Å². The Balaban J connectivity index is 2.45. The first-order valence-corrected chi connectivity index (χ1v) is 6.60. The summed E-state index contributed by atoms with van der Waals surface area (Å²) in [4.78, 5) is 2.48. The second-order valence-electron chi connectivity index (χ2n) is 4.05. The lowest BCUT2D eigenvalue weighted by Crippen LogP contribution is -2.28. The number of hydrogen-bond acceptors (Lipinski definition) is 3. The van der Waals surface area contributed by atoms with Crippen LogP contribution in [0.1, 0.15) is 26.9 Å². The van der Waals surface area contributed by atoms with E-state index in [1.807, 2.05) is 18.2 Å². The standard InChI is InChI=1S/C13H15ClN2S/c1-8-3-5-10(14)7-11(8)13(16-15)12-6-4-9(2)17-12/h3-7,13,16H,15H2,1-2H3. The van der Waals surface area contributed by atoms with Gasteiger partial charge in [-0.3, -0.25) is 5.84 Å². The highest BCUT2D eigenvalue weighted by atomic mass is 35.5. The zero-order chi connectivity index (χ0) is 12.4. The molecular formula is C13H15ClN2S. The summed E-state index contributed by atoms with van der Waals surface area (Å²) in [7, 11) is 0. The third kappa shape index (κ3) is 2.69. The molecule has 90 valence electrons. The third-order valence-corrected chi connectivity index (χ3v) is 4.07. The van der Waals surface area contributed by atoms with Crippen LogP contribution in [0.3, 0.4) is 0 Å². The van der Waals surface area contributed by atoms with Crippen molar-refractivity contribution in [2.45, 2.75) is 19.9 Å². The van der Waals surface area contributed by atoms with Crippen LogP contribution in [0.4, 0.5) is 0 Å². The van der Waals surface area contributed by atoms with Crippen LogP contribution in [0.5, 0.6) is 0 Å². The summed E-state index contributed by atoms with van der Waals surface area (Å²) >= 11 is 7.79. The first-order valence-electron chi connectivity index (χ1n) is 5.40. The molecule has 0 bridgehead atoms. The molecular weight excluding hydrogens is 252 g/mol. The topological polar surface area (TPSA) is 38.0 Å². The van der Waals surface area contributed by atoms with E-state index in [-0.39, 0.29) is 6.04 Å². The number of benzene rings is 1. The minimum absolute atomic E-state index is 0.00685. The van der Waals surface area contributed by atoms with Crippen LogP contribution < -0.4 is 11.3 Å². The molecule has 2 aromatic rings. The summed E-state index contributed by atoms with van der Waals surface area (Å²) in [5.41, 5.74) is 5.18. The number of nitrogens with two attached hydrogens (primary N) is 1. The van der Waals surface area contributed by atoms with Crippen LogP contribution in [0.15, 0.2) is 30.3 Å². The van der Waals surface area contributed by atoms with E-state index < -0.39 is 0 Å². The Hall–Kier alpha value is -0.870. The van der Waals surface area contributed by atoms with E-state index >= 15 is 0 Å². The minimum Gasteiger partial charge on any atom is -0.271 e. The van der Waals surface area contributed by atoms with Gasteiger partial charge in [-0.25, -0.2) is 5.43 Å². The van der Waals surface area contributed by atoms with Crippen molar-refractivity contribution >= 4 is 22.9 Å². The number of halogens is 1. The molecule has 1 aromatic heterocycles. The van der Waals surface area contributed by atoms with Gasteiger partial charge in [0.15, 0.2) is 0 Å². The fourth-order valence-corrected chi connectivity index (χ4v) is 2.99. The SMILES string of the molecule is Cc1ccc(C(NN)c2cc(Cl)ccc2C)s1. The minimum atomic E-state index is 0.00685. The van der Waals surface area contributed by atoms with E-state index in [1.165, 1.54) is 15.3 Å². The Kier molecular flexibility index (Phi) is 3.84. The Labute approximate surface area is 110 Å². The van der Waals surface area contributed by atoms with Gasteiger partial charge in [-0.1, -0.05) is 17.7 Å². The molecule has 4 heteroatoms. The lowest BCUT2D eigenvalue weighted by molar-refractivity contribution is 0.643. The molecule has 2 rings (SSSR count). The molecule has 0 aliphatic heterocycles. The summed E-state index contributed by atoms with van der Waals surface area (Å²) < 4.78 is 0. The van der Waals surface area contributed by atoms with E-state index in [1.54, 1.807) is 11.3 Å². The van der Waals surface area contributed by atoms with E-state index in [2.05, 4.69) is 31.4 Å². The summed E-state index contributed by atoms with van der Waals surface area (Å²) in [6.07, 6.45) is 0. The van der Waals surface area contributed by atoms with Gasteiger partial charge in [0, 0.05) is 14.8 Å². The molecule has 1 heterocycles. The summed E-state index contributed by atoms with van der Waals surface area (Å²) in [5.74, 6) is 5.68. The van der Waals surface area contributed by atoms with Crippen molar-refractivity contribution in [1.82, 2.24) is 5.43 Å². The molecule has 0 fully saturated rings. The molecule has 0 saturated carbocycles. The molecule has 0 spiro atoms. The number of rotatable bonds is 3. The van der Waals surface area contributed by atoms with Crippen LogP contribution in [-0.4, -0.2) is 0 Å². The number of hydrazine groups is 1. The second kappa shape index (κ2) is 5.19. The molecule has 0 aliphatic rings. The lowest BCUT2D eigenvalue weighted by atomic mass is 10.0. The maximum absolute atomic E-state index is 6.05. The molecule has 0 saturated heterocycles. The maximum atomic E-state index is 6.05. The van der Waals surface area contributed by atoms with E-state index in [0.717, 1.165) is 10.6 Å². The van der Waals surface area contributed by atoms with Crippen LogP contribution >= 0.6 is 22.9 Å². The van der Waals surface area contributed by atoms with Crippen molar-refractivity contribution in [1.29, 1.82) is 0 Å². The largest absolute Gasteiger partial charge is 0.271 e. The van der Waals surface area contributed by atoms with Gasteiger partial charge >= 0.3 is 0 Å². The summed E-state index contributed by atoms with van der Waals surface area (Å²) in [5, 5.41) is 0.735. The summed E-state index contributed by atoms with van der Waals surface area (Å²) in [6.45, 7) is 4.16. The average molecular weight is 267 g/mol. The van der Waals surface area contributed by atoms with Crippen molar-refractivity contribution in [3.8, 4) is 0 Å². The van der Waals surface area contributed by atoms with Crippen LogP contribution in [0.25, 0.3) is 0 Å². The van der Waals surface area contributed by atoms with Gasteiger partial charge in [-0.05, 0) is 49.2 Å². The zero-order valence-electron chi connectivity index (χ0n) is 9.83. The lowest BCUT2D eigenvalue weighted by Gasteiger charge is -2.17. The Bertz CT molecular complexity index is 522. The van der Waals surface area contributed by atoms with Crippen molar-refractivity contribution in [2.75, 3.05) is 0 Å². The van der Waals surface area contributed by atoms with Gasteiger partial charge in [0.25, 0.3) is 0 Å². The molecule has 1 unspecified atom stereocenters. The molecule has 0 aliphatic carbocycles. The number of nitrogens with one attached hydrogen (secondary N) is 1. The Morgan fingerprint density at radius 3 is 2.59 bits per heavy atom. The third-order valence-electron chi connectivity index (χ3n) is 2.76. The number of hydrogen-bond donors (Lipinski definition) is 2. The van der Waals surface area contributed by atoms with Gasteiger partial charge in [0.2, 0.25) is 0 Å². The molecule has 1 atom stereocenters. The van der Waals surface area contributed by atoms with Gasteiger partial charge in [-0.15, -0.1) is 11.3 Å².